The number of nitrogens with zero attached hydrogens (tertiary/aromatic N) is 3. The molecule has 0 radical (unpaired) electrons. The van der Waals surface area contributed by atoms with Crippen molar-refractivity contribution in [1.82, 2.24) is 20.1 Å². The van der Waals surface area contributed by atoms with E-state index in [0.29, 0.717) is 6.54 Å². The van der Waals surface area contributed by atoms with E-state index in [1.54, 1.807) is 11.3 Å². The van der Waals surface area contributed by atoms with Gasteiger partial charge in [-0.15, -0.1) is 11.3 Å². The van der Waals surface area contributed by atoms with E-state index in [0.717, 1.165) is 34.4 Å². The molecule has 2 heterocycles. The summed E-state index contributed by atoms with van der Waals surface area (Å²) < 4.78 is 1.96. The summed E-state index contributed by atoms with van der Waals surface area (Å²) in [4.78, 5) is 4.37. The Balaban J connectivity index is 2.09. The van der Waals surface area contributed by atoms with Crippen molar-refractivity contribution in [3.8, 4) is 0 Å². The third-order valence-electron chi connectivity index (χ3n) is 3.13. The molecule has 0 aliphatic heterocycles. The van der Waals surface area contributed by atoms with Gasteiger partial charge >= 0.3 is 0 Å². The monoisotopic (exact) mass is 298 g/mol. The Hall–Kier alpha value is -0.910. The summed E-state index contributed by atoms with van der Waals surface area (Å²) in [5.74, 6) is 0. The maximum Gasteiger partial charge on any atom is 0.109 e. The number of hydrogen-bond donors (Lipinski definition) is 1. The molecule has 0 fully saturated rings. The van der Waals surface area contributed by atoms with Crippen LogP contribution < -0.4 is 5.32 Å². The first-order chi connectivity index (χ1) is 9.17. The Kier molecular flexibility index (Phi) is 4.96. The zero-order valence-corrected chi connectivity index (χ0v) is 13.1. The summed E-state index contributed by atoms with van der Waals surface area (Å²) in [6.07, 6.45) is 2.85. The topological polar surface area (TPSA) is 42.7 Å². The SMILES string of the molecule is CCC(NCc1c(Cl)c(C)nn1CC)c1nccs1. The third-order valence-corrected chi connectivity index (χ3v) is 4.51. The summed E-state index contributed by atoms with van der Waals surface area (Å²) in [6.45, 7) is 7.72. The minimum Gasteiger partial charge on any atom is -0.302 e. The molecule has 4 nitrogen and oxygen atoms in total. The van der Waals surface area contributed by atoms with Gasteiger partial charge in [0.25, 0.3) is 0 Å². The van der Waals surface area contributed by atoms with Gasteiger partial charge in [0.05, 0.1) is 22.5 Å². The number of thiazole rings is 1. The highest BCUT2D eigenvalue weighted by molar-refractivity contribution is 7.09. The third kappa shape index (κ3) is 3.16. The molecule has 1 atom stereocenters. The highest BCUT2D eigenvalue weighted by Gasteiger charge is 2.16. The fourth-order valence-corrected chi connectivity index (χ4v) is 3.07. The molecule has 2 rings (SSSR count). The second-order valence-corrected chi connectivity index (χ2v) is 5.68. The molecule has 6 heteroatoms. The lowest BCUT2D eigenvalue weighted by Gasteiger charge is -2.15. The molecule has 0 aliphatic carbocycles. The number of halogens is 1. The molecule has 0 bridgehead atoms. The lowest BCUT2D eigenvalue weighted by molar-refractivity contribution is 0.492. The molecule has 2 aromatic rings. The van der Waals surface area contributed by atoms with Crippen LogP contribution in [0, 0.1) is 6.92 Å². The van der Waals surface area contributed by atoms with Crippen LogP contribution in [-0.4, -0.2) is 14.8 Å². The summed E-state index contributed by atoms with van der Waals surface area (Å²) in [5.41, 5.74) is 1.94. The molecule has 0 amide bonds. The number of aryl methyl sites for hydroxylation is 2. The highest BCUT2D eigenvalue weighted by Crippen LogP contribution is 2.23. The van der Waals surface area contributed by atoms with Crippen molar-refractivity contribution in [3.05, 3.63) is 33.0 Å². The van der Waals surface area contributed by atoms with E-state index >= 15 is 0 Å². The quantitative estimate of drug-likeness (QED) is 0.886. The lowest BCUT2D eigenvalue weighted by Crippen LogP contribution is -2.22. The van der Waals surface area contributed by atoms with Crippen LogP contribution in [0.25, 0.3) is 0 Å². The van der Waals surface area contributed by atoms with Crippen molar-refractivity contribution in [2.45, 2.75) is 46.3 Å². The van der Waals surface area contributed by atoms with E-state index in [1.165, 1.54) is 0 Å². The van der Waals surface area contributed by atoms with Crippen molar-refractivity contribution < 1.29 is 0 Å². The van der Waals surface area contributed by atoms with E-state index in [-0.39, 0.29) is 6.04 Å². The van der Waals surface area contributed by atoms with E-state index in [2.05, 4.69) is 29.2 Å². The van der Waals surface area contributed by atoms with Crippen LogP contribution in [0.2, 0.25) is 5.02 Å². The Morgan fingerprint density at radius 3 is 2.84 bits per heavy atom. The average Bonchev–Trinajstić information content (AvgIpc) is 3.02. The predicted octanol–water partition coefficient (Wildman–Crippen LogP) is 3.56. The van der Waals surface area contributed by atoms with Gasteiger partial charge in [0.2, 0.25) is 0 Å². The van der Waals surface area contributed by atoms with Crippen molar-refractivity contribution in [2.75, 3.05) is 0 Å². The van der Waals surface area contributed by atoms with E-state index in [4.69, 9.17) is 11.6 Å². The Morgan fingerprint density at radius 2 is 2.26 bits per heavy atom. The summed E-state index contributed by atoms with van der Waals surface area (Å²) in [7, 11) is 0. The summed E-state index contributed by atoms with van der Waals surface area (Å²) in [6, 6.07) is 0.275. The molecule has 1 N–H and O–H groups in total. The zero-order chi connectivity index (χ0) is 13.8. The number of aromatic nitrogens is 3. The molecule has 2 aromatic heterocycles. The van der Waals surface area contributed by atoms with Crippen LogP contribution in [0.4, 0.5) is 0 Å². The van der Waals surface area contributed by atoms with E-state index in [9.17, 15) is 0 Å². The molecule has 0 spiro atoms. The van der Waals surface area contributed by atoms with Crippen LogP contribution in [0.5, 0.6) is 0 Å². The van der Waals surface area contributed by atoms with E-state index in [1.807, 2.05) is 23.2 Å². The predicted molar refractivity (Wildman–Crippen MR) is 79.6 cm³/mol. The molecular weight excluding hydrogens is 280 g/mol. The molecule has 0 aliphatic rings. The highest BCUT2D eigenvalue weighted by atomic mass is 35.5. The maximum atomic E-state index is 6.31. The van der Waals surface area contributed by atoms with Crippen LogP contribution in [0.15, 0.2) is 11.6 Å². The Morgan fingerprint density at radius 1 is 1.47 bits per heavy atom. The van der Waals surface area contributed by atoms with E-state index < -0.39 is 0 Å². The van der Waals surface area contributed by atoms with Crippen molar-refractivity contribution in [1.29, 1.82) is 0 Å². The van der Waals surface area contributed by atoms with Crippen molar-refractivity contribution in [3.63, 3.8) is 0 Å². The molecule has 0 saturated carbocycles. The summed E-state index contributed by atoms with van der Waals surface area (Å²) in [5, 5.41) is 11.8. The molecule has 19 heavy (non-hydrogen) atoms. The minimum absolute atomic E-state index is 0.275. The number of nitrogens with one attached hydrogen (secondary N) is 1. The minimum atomic E-state index is 0.275. The van der Waals surface area contributed by atoms with Crippen LogP contribution >= 0.6 is 22.9 Å². The van der Waals surface area contributed by atoms with Gasteiger partial charge in [-0.3, -0.25) is 4.68 Å². The first kappa shape index (κ1) is 14.5. The molecule has 104 valence electrons. The first-order valence-electron chi connectivity index (χ1n) is 6.51. The van der Waals surface area contributed by atoms with Crippen LogP contribution in [-0.2, 0) is 13.1 Å². The number of rotatable bonds is 6. The second-order valence-electron chi connectivity index (χ2n) is 4.37. The van der Waals surface area contributed by atoms with Gasteiger partial charge in [-0.25, -0.2) is 4.98 Å². The van der Waals surface area contributed by atoms with Gasteiger partial charge in [-0.1, -0.05) is 18.5 Å². The summed E-state index contributed by atoms with van der Waals surface area (Å²) >= 11 is 7.99. The second kappa shape index (κ2) is 6.50. The smallest absolute Gasteiger partial charge is 0.109 e. The van der Waals surface area contributed by atoms with Gasteiger partial charge in [-0.05, 0) is 20.3 Å². The molecular formula is C13H19ClN4S. The van der Waals surface area contributed by atoms with Gasteiger partial charge in [0, 0.05) is 24.7 Å². The zero-order valence-electron chi connectivity index (χ0n) is 11.5. The van der Waals surface area contributed by atoms with Crippen LogP contribution in [0.3, 0.4) is 0 Å². The standard InChI is InChI=1S/C13H19ClN4S/c1-4-10(13-15-6-7-19-13)16-8-11-12(14)9(3)17-18(11)5-2/h6-7,10,16H,4-5,8H2,1-3H3. The van der Waals surface area contributed by atoms with Crippen LogP contribution in [0.1, 0.15) is 42.7 Å². The fourth-order valence-electron chi connectivity index (χ4n) is 2.07. The maximum absolute atomic E-state index is 6.31. The normalized spacial score (nSPS) is 12.8. The molecule has 0 saturated heterocycles. The molecule has 0 aromatic carbocycles. The first-order valence-corrected chi connectivity index (χ1v) is 7.77. The molecule has 1 unspecified atom stereocenters. The van der Waals surface area contributed by atoms with Gasteiger partial charge in [0.15, 0.2) is 0 Å². The van der Waals surface area contributed by atoms with Crippen molar-refractivity contribution >= 4 is 22.9 Å². The van der Waals surface area contributed by atoms with Gasteiger partial charge < -0.3 is 5.32 Å². The Labute approximate surface area is 122 Å². The van der Waals surface area contributed by atoms with Gasteiger partial charge in [0.1, 0.15) is 5.01 Å². The number of hydrogen-bond acceptors (Lipinski definition) is 4. The Bertz CT molecular complexity index is 521. The lowest BCUT2D eigenvalue weighted by atomic mass is 10.2. The van der Waals surface area contributed by atoms with Crippen molar-refractivity contribution in [2.24, 2.45) is 0 Å². The fraction of sp³-hybridized carbons (Fsp3) is 0.538. The average molecular weight is 299 g/mol. The van der Waals surface area contributed by atoms with Gasteiger partial charge in [-0.2, -0.15) is 5.10 Å². The largest absolute Gasteiger partial charge is 0.302 e.